The predicted octanol–water partition coefficient (Wildman–Crippen LogP) is 4.06. The van der Waals surface area contributed by atoms with E-state index in [1.165, 1.54) is 23.4 Å². The number of hydrogen-bond acceptors (Lipinski definition) is 2. The van der Waals surface area contributed by atoms with Crippen molar-refractivity contribution in [3.05, 3.63) is 94.8 Å². The molecule has 0 bridgehead atoms. The number of hydrogen-bond donors (Lipinski definition) is 1. The van der Waals surface area contributed by atoms with Crippen LogP contribution in [0.1, 0.15) is 22.4 Å². The lowest BCUT2D eigenvalue weighted by Crippen LogP contribution is -2.44. The third-order valence-electron chi connectivity index (χ3n) is 5.83. The van der Waals surface area contributed by atoms with Gasteiger partial charge in [-0.25, -0.2) is 8.78 Å². The van der Waals surface area contributed by atoms with Crippen LogP contribution in [-0.4, -0.2) is 28.6 Å². The summed E-state index contributed by atoms with van der Waals surface area (Å²) in [5.74, 6) is -0.395. The second-order valence-electron chi connectivity index (χ2n) is 7.86. The van der Waals surface area contributed by atoms with Crippen LogP contribution in [0.25, 0.3) is 0 Å². The highest BCUT2D eigenvalue weighted by Gasteiger charge is 2.26. The molecular formula is C24H27F2N3. The van der Waals surface area contributed by atoms with E-state index in [0.717, 1.165) is 50.1 Å². The minimum atomic E-state index is -0.216. The molecule has 0 saturated carbocycles. The molecule has 0 spiro atoms. The van der Waals surface area contributed by atoms with Gasteiger partial charge < -0.3 is 9.88 Å². The molecule has 2 aromatic carbocycles. The fraction of sp³-hybridized carbons (Fsp3) is 0.333. The zero-order valence-corrected chi connectivity index (χ0v) is 16.7. The Kier molecular flexibility index (Phi) is 6.07. The second-order valence-corrected chi connectivity index (χ2v) is 7.86. The summed E-state index contributed by atoms with van der Waals surface area (Å²) in [5, 5.41) is 3.53. The van der Waals surface area contributed by atoms with Crippen LogP contribution in [0, 0.1) is 11.6 Å². The van der Waals surface area contributed by atoms with E-state index >= 15 is 0 Å². The topological polar surface area (TPSA) is 20.2 Å². The Labute approximate surface area is 171 Å². The Morgan fingerprint density at radius 1 is 1.00 bits per heavy atom. The fourth-order valence-electron chi connectivity index (χ4n) is 4.14. The average Bonchev–Trinajstić information content (AvgIpc) is 3.12. The summed E-state index contributed by atoms with van der Waals surface area (Å²) >= 11 is 0. The smallest absolute Gasteiger partial charge is 0.123 e. The lowest BCUT2D eigenvalue weighted by Gasteiger charge is -2.37. The van der Waals surface area contributed by atoms with Crippen LogP contribution in [0.3, 0.4) is 0 Å². The molecule has 152 valence electrons. The van der Waals surface area contributed by atoms with Crippen molar-refractivity contribution in [2.24, 2.45) is 7.05 Å². The van der Waals surface area contributed by atoms with Crippen LogP contribution < -0.4 is 5.32 Å². The molecule has 4 rings (SSSR count). The van der Waals surface area contributed by atoms with Crippen LogP contribution in [0.5, 0.6) is 0 Å². The molecule has 1 aromatic heterocycles. The first-order valence-electron chi connectivity index (χ1n) is 10.2. The van der Waals surface area contributed by atoms with Crippen LogP contribution in [-0.2, 0) is 33.0 Å². The largest absolute Gasteiger partial charge is 0.353 e. The summed E-state index contributed by atoms with van der Waals surface area (Å²) in [4.78, 5) is 2.46. The first kappa shape index (κ1) is 19.8. The van der Waals surface area contributed by atoms with E-state index in [1.54, 1.807) is 12.1 Å². The summed E-state index contributed by atoms with van der Waals surface area (Å²) < 4.78 is 29.1. The van der Waals surface area contributed by atoms with Gasteiger partial charge in [0.05, 0.1) is 0 Å². The number of rotatable bonds is 7. The zero-order chi connectivity index (χ0) is 20.2. The van der Waals surface area contributed by atoms with Crippen molar-refractivity contribution >= 4 is 0 Å². The highest BCUT2D eigenvalue weighted by Crippen LogP contribution is 2.26. The van der Waals surface area contributed by atoms with E-state index in [1.807, 2.05) is 18.2 Å². The molecule has 0 fully saturated rings. The van der Waals surface area contributed by atoms with Crippen molar-refractivity contribution in [2.45, 2.75) is 32.0 Å². The Bertz CT molecular complexity index is 949. The molecule has 5 heteroatoms. The number of halogens is 2. The zero-order valence-electron chi connectivity index (χ0n) is 16.7. The van der Waals surface area contributed by atoms with Crippen molar-refractivity contribution in [2.75, 3.05) is 13.1 Å². The quantitative estimate of drug-likeness (QED) is 0.609. The lowest BCUT2D eigenvalue weighted by atomic mass is 9.90. The average molecular weight is 395 g/mol. The highest BCUT2D eigenvalue weighted by atomic mass is 19.1. The van der Waals surface area contributed by atoms with Gasteiger partial charge in [0.2, 0.25) is 0 Å². The molecule has 0 saturated heterocycles. The van der Waals surface area contributed by atoms with Crippen molar-refractivity contribution in [1.82, 2.24) is 14.8 Å². The van der Waals surface area contributed by atoms with Crippen molar-refractivity contribution in [3.8, 4) is 0 Å². The Morgan fingerprint density at radius 2 is 1.79 bits per heavy atom. The van der Waals surface area contributed by atoms with Crippen LogP contribution in [0.15, 0.2) is 60.8 Å². The number of aryl methyl sites for hydroxylation is 1. The Balaban J connectivity index is 1.43. The van der Waals surface area contributed by atoms with Crippen LogP contribution in [0.2, 0.25) is 0 Å². The van der Waals surface area contributed by atoms with Crippen LogP contribution >= 0.6 is 0 Å². The molecule has 1 N–H and O–H groups in total. The summed E-state index contributed by atoms with van der Waals surface area (Å²) in [6, 6.07) is 16.3. The summed E-state index contributed by atoms with van der Waals surface area (Å²) in [7, 11) is 2.05. The summed E-state index contributed by atoms with van der Waals surface area (Å²) in [5.41, 5.74) is 4.65. The van der Waals surface area contributed by atoms with Gasteiger partial charge in [-0.2, -0.15) is 0 Å². The van der Waals surface area contributed by atoms with Gasteiger partial charge in [-0.1, -0.05) is 18.2 Å². The van der Waals surface area contributed by atoms with Gasteiger partial charge in [0.1, 0.15) is 11.6 Å². The van der Waals surface area contributed by atoms with Crippen molar-refractivity contribution in [1.29, 1.82) is 0 Å². The molecule has 0 radical (unpaired) electrons. The lowest BCUT2D eigenvalue weighted by molar-refractivity contribution is 0.170. The van der Waals surface area contributed by atoms with E-state index in [4.69, 9.17) is 0 Å². The molecule has 29 heavy (non-hydrogen) atoms. The maximum Gasteiger partial charge on any atom is 0.123 e. The molecule has 1 atom stereocenters. The fourth-order valence-corrected chi connectivity index (χ4v) is 4.14. The molecule has 0 aliphatic carbocycles. The number of fused-ring (bicyclic) bond motifs is 1. The van der Waals surface area contributed by atoms with E-state index in [9.17, 15) is 8.78 Å². The van der Waals surface area contributed by atoms with Crippen molar-refractivity contribution in [3.63, 3.8) is 0 Å². The van der Waals surface area contributed by atoms with Gasteiger partial charge in [0.25, 0.3) is 0 Å². The Hall–Kier alpha value is -2.50. The van der Waals surface area contributed by atoms with Crippen LogP contribution in [0.4, 0.5) is 8.78 Å². The van der Waals surface area contributed by atoms with E-state index < -0.39 is 0 Å². The highest BCUT2D eigenvalue weighted by molar-refractivity contribution is 5.32. The third kappa shape index (κ3) is 4.92. The standard InChI is InChI=1S/C24H27F2N3/c1-28-11-2-3-23(28)16-27-10-12-29-17-19-6-9-22(26)14-20(19)15-24(29)13-18-4-7-21(25)8-5-18/h2-9,11,14,24,27H,10,12-13,15-17H2,1H3. The van der Waals surface area contributed by atoms with Gasteiger partial charge in [-0.15, -0.1) is 0 Å². The third-order valence-corrected chi connectivity index (χ3v) is 5.83. The van der Waals surface area contributed by atoms with Gasteiger partial charge in [0, 0.05) is 51.2 Å². The van der Waals surface area contributed by atoms with Gasteiger partial charge >= 0.3 is 0 Å². The van der Waals surface area contributed by atoms with E-state index in [0.29, 0.717) is 0 Å². The summed E-state index contributed by atoms with van der Waals surface area (Å²) in [6.45, 7) is 3.43. The van der Waals surface area contributed by atoms with Gasteiger partial charge in [0.15, 0.2) is 0 Å². The molecule has 1 unspecified atom stereocenters. The molecule has 3 nitrogen and oxygen atoms in total. The van der Waals surface area contributed by atoms with E-state index in [-0.39, 0.29) is 17.7 Å². The van der Waals surface area contributed by atoms with Gasteiger partial charge in [-0.3, -0.25) is 4.90 Å². The molecule has 2 heterocycles. The summed E-state index contributed by atoms with van der Waals surface area (Å²) in [6.07, 6.45) is 3.69. The first-order valence-corrected chi connectivity index (χ1v) is 10.2. The minimum absolute atomic E-state index is 0.179. The second kappa shape index (κ2) is 8.89. The maximum absolute atomic E-state index is 13.7. The molecule has 3 aromatic rings. The molecule has 1 aliphatic rings. The SMILES string of the molecule is Cn1cccc1CNCCN1Cc2ccc(F)cc2CC1Cc1ccc(F)cc1. The van der Waals surface area contributed by atoms with Gasteiger partial charge in [-0.05, 0) is 65.9 Å². The maximum atomic E-state index is 13.7. The predicted molar refractivity (Wildman–Crippen MR) is 112 cm³/mol. The minimum Gasteiger partial charge on any atom is -0.353 e. The first-order chi connectivity index (χ1) is 14.1. The monoisotopic (exact) mass is 395 g/mol. The number of nitrogens with one attached hydrogen (secondary N) is 1. The number of aromatic nitrogens is 1. The number of nitrogens with zero attached hydrogens (tertiary/aromatic N) is 2. The Morgan fingerprint density at radius 3 is 2.55 bits per heavy atom. The molecular weight excluding hydrogens is 368 g/mol. The molecule has 0 amide bonds. The molecule has 1 aliphatic heterocycles. The van der Waals surface area contributed by atoms with E-state index in [2.05, 4.69) is 40.2 Å². The number of benzene rings is 2. The van der Waals surface area contributed by atoms with Crippen molar-refractivity contribution < 1.29 is 8.78 Å². The normalized spacial score (nSPS) is 16.7.